The Balaban J connectivity index is 3.06. The number of nitrogens with two attached hydrogens (primary N) is 1. The maximum atomic E-state index is 13.4. The molecule has 1 aromatic carbocycles. The van der Waals surface area contributed by atoms with Crippen molar-refractivity contribution in [2.24, 2.45) is 17.6 Å². The monoisotopic (exact) mass is 642 g/mol. The van der Waals surface area contributed by atoms with E-state index in [1.54, 1.807) is 65.8 Å². The number of rotatable bonds is 18. The molecular formula is C28H46N6O9S. The van der Waals surface area contributed by atoms with Crippen molar-refractivity contribution in [2.45, 2.75) is 85.2 Å². The summed E-state index contributed by atoms with van der Waals surface area (Å²) in [5.41, 5.74) is 6.21. The Labute approximate surface area is 258 Å². The van der Waals surface area contributed by atoms with Gasteiger partial charge in [0.15, 0.2) is 0 Å². The minimum Gasteiger partial charge on any atom is -0.461 e. The van der Waals surface area contributed by atoms with Crippen LogP contribution >= 0.6 is 0 Å². The Hall–Kier alpha value is -3.76. The van der Waals surface area contributed by atoms with Gasteiger partial charge in [-0.2, -0.15) is 8.42 Å². The summed E-state index contributed by atoms with van der Waals surface area (Å²) in [5.74, 6) is -4.08. The van der Waals surface area contributed by atoms with Crippen molar-refractivity contribution >= 4 is 45.5 Å². The van der Waals surface area contributed by atoms with Gasteiger partial charge in [-0.3, -0.25) is 23.7 Å². The van der Waals surface area contributed by atoms with Crippen LogP contribution in [-0.2, 0) is 40.6 Å². The number of amides is 5. The Bertz CT molecular complexity index is 1240. The lowest BCUT2D eigenvalue weighted by atomic mass is 10.0. The van der Waals surface area contributed by atoms with Gasteiger partial charge in [-0.05, 0) is 36.5 Å². The van der Waals surface area contributed by atoms with E-state index >= 15 is 0 Å². The number of hydrogen-bond donors (Lipinski definition) is 7. The highest BCUT2D eigenvalue weighted by atomic mass is 32.2. The van der Waals surface area contributed by atoms with Gasteiger partial charge in [0.25, 0.3) is 10.1 Å². The number of ether oxygens (including phenoxy) is 1. The molecule has 0 unspecified atom stereocenters. The molecule has 16 heteroatoms. The molecule has 5 amide bonds. The van der Waals surface area contributed by atoms with Gasteiger partial charge in [-0.15, -0.1) is 0 Å². The summed E-state index contributed by atoms with van der Waals surface area (Å²) in [6, 6.07) is 1.91. The number of esters is 1. The van der Waals surface area contributed by atoms with E-state index in [1.165, 1.54) is 0 Å². The van der Waals surface area contributed by atoms with Gasteiger partial charge in [0.2, 0.25) is 17.7 Å². The molecule has 0 saturated heterocycles. The number of nitrogens with one attached hydrogen (secondary N) is 5. The fourth-order valence-corrected chi connectivity index (χ4v) is 4.55. The molecular weight excluding hydrogens is 596 g/mol. The van der Waals surface area contributed by atoms with Crippen molar-refractivity contribution in [3.63, 3.8) is 0 Å². The van der Waals surface area contributed by atoms with Crippen LogP contribution < -0.4 is 32.3 Å². The first kappa shape index (κ1) is 38.3. The van der Waals surface area contributed by atoms with Crippen molar-refractivity contribution in [1.29, 1.82) is 0 Å². The second-order valence-electron chi connectivity index (χ2n) is 11.3. The van der Waals surface area contributed by atoms with Crippen molar-refractivity contribution in [1.82, 2.24) is 21.3 Å². The quantitative estimate of drug-likeness (QED) is 0.0671. The first-order chi connectivity index (χ1) is 20.4. The van der Waals surface area contributed by atoms with Gasteiger partial charge < -0.3 is 37.1 Å². The highest BCUT2D eigenvalue weighted by molar-refractivity contribution is 7.85. The van der Waals surface area contributed by atoms with Crippen LogP contribution in [0.5, 0.6) is 0 Å². The number of hydrogen-bond acceptors (Lipinski definition) is 9. The summed E-state index contributed by atoms with van der Waals surface area (Å²) in [6.07, 6.45) is 0.370. The molecule has 0 aliphatic rings. The molecule has 8 N–H and O–H groups in total. The molecule has 0 saturated carbocycles. The number of carbonyl (C=O) groups excluding carboxylic acids is 5. The highest BCUT2D eigenvalue weighted by Crippen LogP contribution is 2.13. The summed E-state index contributed by atoms with van der Waals surface area (Å²) in [5, 5.41) is 13.0. The normalized spacial score (nSPS) is 13.6. The zero-order valence-corrected chi connectivity index (χ0v) is 26.8. The number of carbonyl (C=O) groups is 5. The molecule has 0 fully saturated rings. The smallest absolute Gasteiger partial charge is 0.312 e. The largest absolute Gasteiger partial charge is 0.461 e. The first-order valence-corrected chi connectivity index (χ1v) is 15.9. The van der Waals surface area contributed by atoms with E-state index in [2.05, 4.69) is 26.6 Å². The van der Waals surface area contributed by atoms with Crippen LogP contribution in [0.15, 0.2) is 24.3 Å². The Kier molecular flexibility index (Phi) is 15.8. The third kappa shape index (κ3) is 15.1. The van der Waals surface area contributed by atoms with Crippen LogP contribution in [0.1, 0.15) is 59.9 Å². The summed E-state index contributed by atoms with van der Waals surface area (Å²) in [6.45, 7) is 10.3. The lowest BCUT2D eigenvalue weighted by Crippen LogP contribution is -2.59. The zero-order chi connectivity index (χ0) is 33.6. The van der Waals surface area contributed by atoms with Gasteiger partial charge in [0.1, 0.15) is 24.7 Å². The van der Waals surface area contributed by atoms with E-state index in [-0.39, 0.29) is 43.9 Å². The van der Waals surface area contributed by atoms with E-state index in [4.69, 9.17) is 10.5 Å². The standard InChI is InChI=1S/C28H46N6O9S/c1-16(2)23(34-25(36)22(31-18(5)6)15-44(40,41)42)26(37)33-21(8-7-13-30-28(29)39)24(35)32-20-11-9-19(10-12-20)14-43-27(38)17(3)4/h9-12,16-18,21-23,31H,7-8,13-15H2,1-6H3,(H,32,35)(H,33,37)(H,34,36)(H3,29,30,39)(H,40,41,42)/t21-,22-,23-/m0/s1. The number of primary amides is 1. The molecule has 0 aliphatic carbocycles. The zero-order valence-electron chi connectivity index (χ0n) is 26.0. The maximum absolute atomic E-state index is 13.4. The Morgan fingerprint density at radius 1 is 0.886 bits per heavy atom. The third-order valence-corrected chi connectivity index (χ3v) is 6.91. The Morgan fingerprint density at radius 2 is 1.50 bits per heavy atom. The van der Waals surface area contributed by atoms with Crippen molar-refractivity contribution < 1.29 is 41.7 Å². The molecule has 1 rings (SSSR count). The topological polar surface area (TPSA) is 235 Å². The van der Waals surface area contributed by atoms with E-state index < -0.39 is 63.7 Å². The highest BCUT2D eigenvalue weighted by Gasteiger charge is 2.32. The minimum atomic E-state index is -4.52. The molecule has 1 aromatic rings. The molecule has 0 bridgehead atoms. The van der Waals surface area contributed by atoms with Gasteiger partial charge in [0, 0.05) is 18.3 Å². The molecule has 44 heavy (non-hydrogen) atoms. The molecule has 3 atom stereocenters. The molecule has 0 spiro atoms. The lowest BCUT2D eigenvalue weighted by molar-refractivity contribution is -0.148. The number of benzene rings is 1. The maximum Gasteiger partial charge on any atom is 0.312 e. The summed E-state index contributed by atoms with van der Waals surface area (Å²) in [4.78, 5) is 62.3. The predicted molar refractivity (Wildman–Crippen MR) is 164 cm³/mol. The van der Waals surface area contributed by atoms with Gasteiger partial charge >= 0.3 is 12.0 Å². The summed E-state index contributed by atoms with van der Waals surface area (Å²) < 4.78 is 37.5. The van der Waals surface area contributed by atoms with Gasteiger partial charge in [-0.25, -0.2) is 4.79 Å². The van der Waals surface area contributed by atoms with Crippen molar-refractivity contribution in [3.8, 4) is 0 Å². The van der Waals surface area contributed by atoms with Crippen LogP contribution in [0.2, 0.25) is 0 Å². The van der Waals surface area contributed by atoms with Crippen LogP contribution in [0.4, 0.5) is 10.5 Å². The SMILES string of the molecule is CC(C)N[C@@H](CS(=O)(=O)O)C(=O)N[C@H](C(=O)N[C@@H](CCCNC(N)=O)C(=O)Nc1ccc(COC(=O)C(C)C)cc1)C(C)C. The fourth-order valence-electron chi connectivity index (χ4n) is 3.88. The third-order valence-electron chi connectivity index (χ3n) is 6.15. The van der Waals surface area contributed by atoms with Gasteiger partial charge in [-0.1, -0.05) is 53.7 Å². The van der Waals surface area contributed by atoms with E-state index in [9.17, 15) is 36.9 Å². The second-order valence-corrected chi connectivity index (χ2v) is 12.8. The molecule has 0 radical (unpaired) electrons. The average molecular weight is 643 g/mol. The van der Waals surface area contributed by atoms with Crippen molar-refractivity contribution in [2.75, 3.05) is 17.6 Å². The average Bonchev–Trinajstić information content (AvgIpc) is 2.90. The van der Waals surface area contributed by atoms with E-state index in [0.29, 0.717) is 11.3 Å². The van der Waals surface area contributed by atoms with Crippen LogP contribution in [-0.4, -0.2) is 79.2 Å². The Morgan fingerprint density at radius 3 is 2.00 bits per heavy atom. The number of urea groups is 1. The number of anilines is 1. The summed E-state index contributed by atoms with van der Waals surface area (Å²) in [7, 11) is -4.52. The van der Waals surface area contributed by atoms with Crippen LogP contribution in [0.3, 0.4) is 0 Å². The summed E-state index contributed by atoms with van der Waals surface area (Å²) >= 11 is 0. The molecule has 248 valence electrons. The first-order valence-electron chi connectivity index (χ1n) is 14.3. The fraction of sp³-hybridized carbons (Fsp3) is 0.607. The minimum absolute atomic E-state index is 0.0663. The van der Waals surface area contributed by atoms with E-state index in [0.717, 1.165) is 0 Å². The second kappa shape index (κ2) is 18.1. The van der Waals surface area contributed by atoms with Gasteiger partial charge in [0.05, 0.1) is 11.7 Å². The van der Waals surface area contributed by atoms with Crippen molar-refractivity contribution in [3.05, 3.63) is 29.8 Å². The molecule has 0 heterocycles. The van der Waals surface area contributed by atoms with Crippen LogP contribution in [0, 0.1) is 11.8 Å². The molecule has 0 aromatic heterocycles. The molecule has 15 nitrogen and oxygen atoms in total. The van der Waals surface area contributed by atoms with E-state index in [1.807, 2.05) is 0 Å². The lowest BCUT2D eigenvalue weighted by Gasteiger charge is -2.27. The predicted octanol–water partition coefficient (Wildman–Crippen LogP) is 0.653. The van der Waals surface area contributed by atoms with Crippen LogP contribution in [0.25, 0.3) is 0 Å². The molecule has 0 aliphatic heterocycles.